The van der Waals surface area contributed by atoms with Crippen LogP contribution in [0.4, 0.5) is 0 Å². The van der Waals surface area contributed by atoms with Crippen LogP contribution in [0.3, 0.4) is 0 Å². The normalized spacial score (nSPS) is 13.6. The van der Waals surface area contributed by atoms with Crippen LogP contribution in [0.5, 0.6) is 0 Å². The van der Waals surface area contributed by atoms with Crippen molar-refractivity contribution in [2.75, 3.05) is 13.1 Å². The second kappa shape index (κ2) is 7.63. The molecule has 0 fully saturated rings. The number of nitrogens with one attached hydrogen (secondary N) is 2. The molecule has 96 valence electrons. The summed E-state index contributed by atoms with van der Waals surface area (Å²) >= 11 is 0. The molecule has 0 aliphatic heterocycles. The van der Waals surface area contributed by atoms with Gasteiger partial charge in [0, 0.05) is 12.6 Å². The number of hydrogen-bond donors (Lipinski definition) is 3. The third-order valence-electron chi connectivity index (χ3n) is 3.08. The van der Waals surface area contributed by atoms with Gasteiger partial charge in [-0.1, -0.05) is 20.8 Å². The van der Waals surface area contributed by atoms with Crippen LogP contribution in [0.15, 0.2) is 0 Å². The van der Waals surface area contributed by atoms with Gasteiger partial charge < -0.3 is 15.7 Å². The van der Waals surface area contributed by atoms with E-state index in [1.807, 2.05) is 27.7 Å². The second-order valence-corrected chi connectivity index (χ2v) is 4.41. The fourth-order valence-electron chi connectivity index (χ4n) is 1.34. The fraction of sp³-hybridized carbons (Fsp3) is 0.917. The molecule has 1 atom stereocenters. The van der Waals surface area contributed by atoms with E-state index in [0.717, 1.165) is 6.42 Å². The highest BCUT2D eigenvalue weighted by Gasteiger charge is 2.21. The van der Waals surface area contributed by atoms with Crippen molar-refractivity contribution in [3.8, 4) is 0 Å². The van der Waals surface area contributed by atoms with E-state index in [1.165, 1.54) is 0 Å². The van der Waals surface area contributed by atoms with Gasteiger partial charge in [-0.2, -0.15) is 0 Å². The zero-order chi connectivity index (χ0) is 12.6. The summed E-state index contributed by atoms with van der Waals surface area (Å²) in [6.07, 6.45) is 2.33. The number of amides is 1. The van der Waals surface area contributed by atoms with Crippen LogP contribution >= 0.6 is 0 Å². The molecule has 0 aromatic rings. The van der Waals surface area contributed by atoms with Crippen molar-refractivity contribution in [2.24, 2.45) is 0 Å². The molecule has 4 nitrogen and oxygen atoms in total. The summed E-state index contributed by atoms with van der Waals surface area (Å²) in [5.41, 5.74) is -0.684. The average Bonchev–Trinajstić information content (AvgIpc) is 2.28. The molecule has 0 saturated heterocycles. The molecule has 0 aliphatic carbocycles. The molecule has 4 heteroatoms. The minimum atomic E-state index is -0.684. The van der Waals surface area contributed by atoms with Gasteiger partial charge in [0.15, 0.2) is 0 Å². The van der Waals surface area contributed by atoms with Gasteiger partial charge in [0.2, 0.25) is 5.91 Å². The summed E-state index contributed by atoms with van der Waals surface area (Å²) in [6.45, 7) is 8.65. The smallest absolute Gasteiger partial charge is 0.234 e. The largest absolute Gasteiger partial charge is 0.389 e. The summed E-state index contributed by atoms with van der Waals surface area (Å²) in [6, 6.07) is 0.213. The topological polar surface area (TPSA) is 61.4 Å². The van der Waals surface area contributed by atoms with E-state index in [9.17, 15) is 9.90 Å². The Morgan fingerprint density at radius 3 is 2.31 bits per heavy atom. The van der Waals surface area contributed by atoms with Gasteiger partial charge in [0.25, 0.3) is 0 Å². The molecule has 0 heterocycles. The Labute approximate surface area is 98.8 Å². The van der Waals surface area contributed by atoms with E-state index in [1.54, 1.807) is 0 Å². The van der Waals surface area contributed by atoms with Crippen LogP contribution < -0.4 is 10.6 Å². The highest BCUT2D eigenvalue weighted by atomic mass is 16.3. The number of aliphatic hydroxyl groups is 1. The molecule has 1 amide bonds. The van der Waals surface area contributed by atoms with Gasteiger partial charge in [0.1, 0.15) is 0 Å². The van der Waals surface area contributed by atoms with Gasteiger partial charge >= 0.3 is 0 Å². The minimum Gasteiger partial charge on any atom is -0.389 e. The monoisotopic (exact) mass is 230 g/mol. The van der Waals surface area contributed by atoms with Crippen molar-refractivity contribution in [1.29, 1.82) is 0 Å². The molecule has 0 radical (unpaired) electrons. The van der Waals surface area contributed by atoms with Gasteiger partial charge in [0.05, 0.1) is 12.1 Å². The van der Waals surface area contributed by atoms with Gasteiger partial charge in [-0.3, -0.25) is 4.79 Å². The molecule has 0 aromatic heterocycles. The van der Waals surface area contributed by atoms with Crippen LogP contribution in [0.1, 0.15) is 47.0 Å². The Bertz CT molecular complexity index is 203. The van der Waals surface area contributed by atoms with Crippen molar-refractivity contribution in [2.45, 2.75) is 58.6 Å². The third kappa shape index (κ3) is 6.08. The van der Waals surface area contributed by atoms with Crippen molar-refractivity contribution in [1.82, 2.24) is 10.6 Å². The highest BCUT2D eigenvalue weighted by molar-refractivity contribution is 5.78. The quantitative estimate of drug-likeness (QED) is 0.584. The van der Waals surface area contributed by atoms with Crippen molar-refractivity contribution < 1.29 is 9.90 Å². The summed E-state index contributed by atoms with van der Waals surface area (Å²) < 4.78 is 0. The first-order valence-corrected chi connectivity index (χ1v) is 6.19. The second-order valence-electron chi connectivity index (χ2n) is 4.41. The van der Waals surface area contributed by atoms with Crippen LogP contribution in [-0.4, -0.2) is 35.7 Å². The van der Waals surface area contributed by atoms with E-state index in [4.69, 9.17) is 0 Å². The fourth-order valence-corrected chi connectivity index (χ4v) is 1.34. The molecular formula is C12H26N2O2. The van der Waals surface area contributed by atoms with Gasteiger partial charge in [-0.05, 0) is 26.2 Å². The standard InChI is InChI=1S/C12H26N2O2/c1-5-10(4)14-11(15)8-13-9-12(16,6-2)7-3/h10,13,16H,5-9H2,1-4H3,(H,14,15). The SMILES string of the molecule is CCC(C)NC(=O)CNCC(O)(CC)CC. The lowest BCUT2D eigenvalue weighted by atomic mass is 9.98. The van der Waals surface area contributed by atoms with Gasteiger partial charge in [-0.25, -0.2) is 0 Å². The lowest BCUT2D eigenvalue weighted by Gasteiger charge is -2.25. The van der Waals surface area contributed by atoms with Crippen LogP contribution in [0, 0.1) is 0 Å². The summed E-state index contributed by atoms with van der Waals surface area (Å²) in [5, 5.41) is 15.8. The van der Waals surface area contributed by atoms with Crippen molar-refractivity contribution in [3.05, 3.63) is 0 Å². The maximum absolute atomic E-state index is 11.4. The lowest BCUT2D eigenvalue weighted by molar-refractivity contribution is -0.121. The molecule has 3 N–H and O–H groups in total. The molecule has 16 heavy (non-hydrogen) atoms. The predicted octanol–water partition coefficient (Wildman–Crippen LogP) is 1.04. The average molecular weight is 230 g/mol. The zero-order valence-electron chi connectivity index (χ0n) is 11.0. The maximum atomic E-state index is 11.4. The van der Waals surface area contributed by atoms with Crippen molar-refractivity contribution >= 4 is 5.91 Å². The molecule has 0 rings (SSSR count). The predicted molar refractivity (Wildman–Crippen MR) is 66.3 cm³/mol. The zero-order valence-corrected chi connectivity index (χ0v) is 11.0. The van der Waals surface area contributed by atoms with E-state index in [-0.39, 0.29) is 18.5 Å². The summed E-state index contributed by atoms with van der Waals surface area (Å²) in [7, 11) is 0. The first kappa shape index (κ1) is 15.4. The number of carbonyl (C=O) groups excluding carboxylic acids is 1. The molecule has 1 unspecified atom stereocenters. The van der Waals surface area contributed by atoms with E-state index >= 15 is 0 Å². The molecule has 0 aromatic carbocycles. The maximum Gasteiger partial charge on any atom is 0.234 e. The number of rotatable bonds is 8. The summed E-state index contributed by atoms with van der Waals surface area (Å²) in [5.74, 6) is -0.0103. The Balaban J connectivity index is 3.77. The molecule has 0 bridgehead atoms. The van der Waals surface area contributed by atoms with E-state index in [0.29, 0.717) is 19.4 Å². The minimum absolute atomic E-state index is 0.0103. The molecular weight excluding hydrogens is 204 g/mol. The van der Waals surface area contributed by atoms with E-state index in [2.05, 4.69) is 10.6 Å². The van der Waals surface area contributed by atoms with Crippen LogP contribution in [0.2, 0.25) is 0 Å². The first-order valence-electron chi connectivity index (χ1n) is 6.19. The van der Waals surface area contributed by atoms with Gasteiger partial charge in [-0.15, -0.1) is 0 Å². The highest BCUT2D eigenvalue weighted by Crippen LogP contribution is 2.12. The Morgan fingerprint density at radius 1 is 1.31 bits per heavy atom. The first-order chi connectivity index (χ1) is 7.47. The van der Waals surface area contributed by atoms with Crippen LogP contribution in [-0.2, 0) is 4.79 Å². The van der Waals surface area contributed by atoms with E-state index < -0.39 is 5.60 Å². The molecule has 0 aliphatic rings. The third-order valence-corrected chi connectivity index (χ3v) is 3.08. The number of carbonyl (C=O) groups is 1. The Hall–Kier alpha value is -0.610. The number of hydrogen-bond acceptors (Lipinski definition) is 3. The Morgan fingerprint density at radius 2 is 1.88 bits per heavy atom. The van der Waals surface area contributed by atoms with Crippen molar-refractivity contribution in [3.63, 3.8) is 0 Å². The summed E-state index contributed by atoms with van der Waals surface area (Å²) in [4.78, 5) is 11.4. The molecule has 0 saturated carbocycles. The molecule has 0 spiro atoms. The lowest BCUT2D eigenvalue weighted by Crippen LogP contribution is -2.45. The van der Waals surface area contributed by atoms with Crippen LogP contribution in [0.25, 0.3) is 0 Å². The Kier molecular flexibility index (Phi) is 7.34.